The molecule has 1 aromatic carbocycles. The molecule has 1 unspecified atom stereocenters. The fourth-order valence-electron chi connectivity index (χ4n) is 2.01. The van der Waals surface area contributed by atoms with Crippen molar-refractivity contribution in [2.75, 3.05) is 11.9 Å². The number of aliphatic hydroxyl groups is 1. The molecule has 1 saturated carbocycles. The minimum atomic E-state index is -0.931. The van der Waals surface area contributed by atoms with Crippen molar-refractivity contribution in [1.82, 2.24) is 5.32 Å². The van der Waals surface area contributed by atoms with Crippen LogP contribution in [0.15, 0.2) is 24.3 Å². The van der Waals surface area contributed by atoms with E-state index in [1.54, 1.807) is 19.1 Å². The van der Waals surface area contributed by atoms with Crippen LogP contribution in [0, 0.1) is 12.8 Å². The van der Waals surface area contributed by atoms with Crippen LogP contribution in [0.25, 0.3) is 0 Å². The predicted octanol–water partition coefficient (Wildman–Crippen LogP) is 1.21. The SMILES string of the molecule is Cc1ccc(NC(=O)C(=O)NCC(C)(O)C2CC2)cc1. The van der Waals surface area contributed by atoms with Crippen LogP contribution in [0.4, 0.5) is 5.69 Å². The van der Waals surface area contributed by atoms with Crippen molar-refractivity contribution < 1.29 is 14.7 Å². The molecule has 0 aromatic heterocycles. The van der Waals surface area contributed by atoms with Crippen LogP contribution >= 0.6 is 0 Å². The Kier molecular flexibility index (Phi) is 4.09. The minimum absolute atomic E-state index is 0.0951. The van der Waals surface area contributed by atoms with Gasteiger partial charge in [0.05, 0.1) is 5.60 Å². The molecule has 108 valence electrons. The van der Waals surface area contributed by atoms with Crippen LogP contribution in [0.1, 0.15) is 25.3 Å². The molecule has 0 bridgehead atoms. The number of hydrogen-bond acceptors (Lipinski definition) is 3. The molecular weight excluding hydrogens is 256 g/mol. The average Bonchev–Trinajstić information content (AvgIpc) is 3.23. The van der Waals surface area contributed by atoms with E-state index in [1.165, 1.54) is 0 Å². The summed E-state index contributed by atoms with van der Waals surface area (Å²) in [6.07, 6.45) is 1.94. The lowest BCUT2D eigenvalue weighted by atomic mass is 10.0. The van der Waals surface area contributed by atoms with Gasteiger partial charge in [-0.3, -0.25) is 9.59 Å². The molecule has 3 N–H and O–H groups in total. The summed E-state index contributed by atoms with van der Waals surface area (Å²) in [6.45, 7) is 3.72. The number of carbonyl (C=O) groups is 2. The Morgan fingerprint density at radius 1 is 1.25 bits per heavy atom. The highest BCUT2D eigenvalue weighted by Crippen LogP contribution is 2.38. The Morgan fingerprint density at radius 2 is 1.85 bits per heavy atom. The number of rotatable bonds is 4. The Labute approximate surface area is 118 Å². The zero-order valence-electron chi connectivity index (χ0n) is 11.8. The zero-order valence-corrected chi connectivity index (χ0v) is 11.8. The van der Waals surface area contributed by atoms with Crippen LogP contribution in [0.5, 0.6) is 0 Å². The fourth-order valence-corrected chi connectivity index (χ4v) is 2.01. The second-order valence-electron chi connectivity index (χ2n) is 5.63. The van der Waals surface area contributed by atoms with Gasteiger partial charge in [0.1, 0.15) is 0 Å². The summed E-state index contributed by atoms with van der Waals surface area (Å²) in [7, 11) is 0. The third-order valence-electron chi connectivity index (χ3n) is 3.58. The topological polar surface area (TPSA) is 78.4 Å². The molecule has 1 aromatic rings. The summed E-state index contributed by atoms with van der Waals surface area (Å²) < 4.78 is 0. The molecule has 1 aliphatic rings. The highest BCUT2D eigenvalue weighted by molar-refractivity contribution is 6.39. The molecule has 0 radical (unpaired) electrons. The smallest absolute Gasteiger partial charge is 0.313 e. The van der Waals surface area contributed by atoms with Gasteiger partial charge < -0.3 is 15.7 Å². The van der Waals surface area contributed by atoms with Gasteiger partial charge in [-0.2, -0.15) is 0 Å². The first-order valence-electron chi connectivity index (χ1n) is 6.77. The van der Waals surface area contributed by atoms with E-state index in [-0.39, 0.29) is 12.5 Å². The molecular formula is C15H20N2O3. The quantitative estimate of drug-likeness (QED) is 0.723. The Bertz CT molecular complexity index is 504. The number of amides is 2. The second-order valence-corrected chi connectivity index (χ2v) is 5.63. The number of nitrogens with one attached hydrogen (secondary N) is 2. The van der Waals surface area contributed by atoms with Gasteiger partial charge in [0, 0.05) is 12.2 Å². The van der Waals surface area contributed by atoms with Gasteiger partial charge in [-0.1, -0.05) is 17.7 Å². The van der Waals surface area contributed by atoms with E-state index in [0.717, 1.165) is 18.4 Å². The summed E-state index contributed by atoms with van der Waals surface area (Å²) in [5.74, 6) is -1.23. The molecule has 1 aliphatic carbocycles. The molecule has 5 nitrogen and oxygen atoms in total. The number of aryl methyl sites for hydroxylation is 1. The van der Waals surface area contributed by atoms with Gasteiger partial charge in [-0.05, 0) is 44.7 Å². The van der Waals surface area contributed by atoms with Gasteiger partial charge in [0.25, 0.3) is 0 Å². The van der Waals surface area contributed by atoms with E-state index >= 15 is 0 Å². The van der Waals surface area contributed by atoms with E-state index < -0.39 is 17.4 Å². The highest BCUT2D eigenvalue weighted by atomic mass is 16.3. The molecule has 2 amide bonds. The number of benzene rings is 1. The Hall–Kier alpha value is -1.88. The van der Waals surface area contributed by atoms with Crippen molar-refractivity contribution in [2.24, 2.45) is 5.92 Å². The second kappa shape index (κ2) is 5.63. The average molecular weight is 276 g/mol. The normalized spacial score (nSPS) is 17.1. The van der Waals surface area contributed by atoms with E-state index in [4.69, 9.17) is 0 Å². The van der Waals surface area contributed by atoms with Crippen LogP contribution in [-0.2, 0) is 9.59 Å². The first-order valence-corrected chi connectivity index (χ1v) is 6.77. The molecule has 0 saturated heterocycles. The van der Waals surface area contributed by atoms with E-state index in [1.807, 2.05) is 19.1 Å². The molecule has 0 heterocycles. The van der Waals surface area contributed by atoms with Crippen LogP contribution < -0.4 is 10.6 Å². The van der Waals surface area contributed by atoms with Gasteiger partial charge in [-0.15, -0.1) is 0 Å². The van der Waals surface area contributed by atoms with Gasteiger partial charge >= 0.3 is 11.8 Å². The lowest BCUT2D eigenvalue weighted by molar-refractivity contribution is -0.136. The summed E-state index contributed by atoms with van der Waals surface area (Å²) in [5.41, 5.74) is 0.720. The number of hydrogen-bond donors (Lipinski definition) is 3. The first-order chi connectivity index (χ1) is 9.38. The van der Waals surface area contributed by atoms with Crippen LogP contribution in [0.2, 0.25) is 0 Å². The molecule has 1 fully saturated rings. The summed E-state index contributed by atoms with van der Waals surface area (Å²) in [4.78, 5) is 23.4. The number of carbonyl (C=O) groups excluding carboxylic acids is 2. The maximum absolute atomic E-state index is 11.7. The van der Waals surface area contributed by atoms with E-state index in [2.05, 4.69) is 10.6 Å². The maximum atomic E-state index is 11.7. The molecule has 1 atom stereocenters. The maximum Gasteiger partial charge on any atom is 0.313 e. The van der Waals surface area contributed by atoms with Crippen LogP contribution in [0.3, 0.4) is 0 Å². The zero-order chi connectivity index (χ0) is 14.8. The molecule has 2 rings (SSSR count). The lowest BCUT2D eigenvalue weighted by Gasteiger charge is -2.22. The summed E-state index contributed by atoms with van der Waals surface area (Å²) in [5, 5.41) is 15.1. The highest BCUT2D eigenvalue weighted by Gasteiger charge is 2.40. The Morgan fingerprint density at radius 3 is 2.40 bits per heavy atom. The fraction of sp³-hybridized carbons (Fsp3) is 0.467. The van der Waals surface area contributed by atoms with Crippen molar-refractivity contribution >= 4 is 17.5 Å². The lowest BCUT2D eigenvalue weighted by Crippen LogP contribution is -2.45. The molecule has 0 aliphatic heterocycles. The van der Waals surface area contributed by atoms with Crippen LogP contribution in [-0.4, -0.2) is 29.1 Å². The Balaban J connectivity index is 1.82. The molecule has 20 heavy (non-hydrogen) atoms. The van der Waals surface area contributed by atoms with Crippen molar-refractivity contribution in [3.8, 4) is 0 Å². The predicted molar refractivity (Wildman–Crippen MR) is 76.2 cm³/mol. The first kappa shape index (κ1) is 14.5. The van der Waals surface area contributed by atoms with E-state index in [9.17, 15) is 14.7 Å². The van der Waals surface area contributed by atoms with Crippen molar-refractivity contribution in [3.63, 3.8) is 0 Å². The third-order valence-corrected chi connectivity index (χ3v) is 3.58. The standard InChI is InChI=1S/C15H20N2O3/c1-10-3-7-12(8-4-10)17-14(19)13(18)16-9-15(2,20)11-5-6-11/h3-4,7-8,11,20H,5-6,9H2,1-2H3,(H,16,18)(H,17,19). The monoisotopic (exact) mass is 276 g/mol. The molecule has 0 spiro atoms. The molecule has 5 heteroatoms. The van der Waals surface area contributed by atoms with Gasteiger partial charge in [0.15, 0.2) is 0 Å². The van der Waals surface area contributed by atoms with Crippen molar-refractivity contribution in [2.45, 2.75) is 32.3 Å². The number of anilines is 1. The summed E-state index contributed by atoms with van der Waals surface area (Å²) >= 11 is 0. The van der Waals surface area contributed by atoms with Crippen molar-refractivity contribution in [1.29, 1.82) is 0 Å². The minimum Gasteiger partial charge on any atom is -0.388 e. The van der Waals surface area contributed by atoms with Gasteiger partial charge in [-0.25, -0.2) is 0 Å². The van der Waals surface area contributed by atoms with E-state index in [0.29, 0.717) is 5.69 Å². The van der Waals surface area contributed by atoms with Gasteiger partial charge in [0.2, 0.25) is 0 Å². The third kappa shape index (κ3) is 3.81. The summed E-state index contributed by atoms with van der Waals surface area (Å²) in [6, 6.07) is 7.18. The van der Waals surface area contributed by atoms with Crippen molar-refractivity contribution in [3.05, 3.63) is 29.8 Å². The largest absolute Gasteiger partial charge is 0.388 e.